The van der Waals surface area contributed by atoms with Crippen molar-refractivity contribution >= 4 is 17.7 Å². The van der Waals surface area contributed by atoms with Gasteiger partial charge in [0.1, 0.15) is 0 Å². The van der Waals surface area contributed by atoms with Crippen molar-refractivity contribution in [1.29, 1.82) is 0 Å². The van der Waals surface area contributed by atoms with Gasteiger partial charge in [-0.25, -0.2) is 4.79 Å². The molecule has 0 saturated heterocycles. The number of fused-ring (bicyclic) bond motifs is 1. The van der Waals surface area contributed by atoms with Crippen molar-refractivity contribution < 1.29 is 14.3 Å². The van der Waals surface area contributed by atoms with E-state index >= 15 is 0 Å². The van der Waals surface area contributed by atoms with Crippen LogP contribution < -0.4 is 9.47 Å². The molecule has 1 heterocycles. The number of isocyanates is 1. The second-order valence-electron chi connectivity index (χ2n) is 5.12. The Kier molecular flexibility index (Phi) is 2.25. The van der Waals surface area contributed by atoms with E-state index in [1.165, 1.54) is 0 Å². The number of carbonyl (C=O) groups excluding carboxylic acids is 1. The summed E-state index contributed by atoms with van der Waals surface area (Å²) in [4.78, 5) is 14.4. The molecule has 94 valence electrons. The minimum absolute atomic E-state index is 0.448. The molecule has 0 atom stereocenters. The van der Waals surface area contributed by atoms with Gasteiger partial charge in [-0.15, -0.1) is 0 Å². The van der Waals surface area contributed by atoms with E-state index in [2.05, 4.69) is 4.99 Å². The van der Waals surface area contributed by atoms with E-state index in [1.807, 2.05) is 19.9 Å². The third-order valence-electron chi connectivity index (χ3n) is 3.23. The summed E-state index contributed by atoms with van der Waals surface area (Å²) in [6, 6.07) is 3.64. The van der Waals surface area contributed by atoms with E-state index in [1.54, 1.807) is 12.1 Å². The number of halogens is 1. The van der Waals surface area contributed by atoms with Crippen LogP contribution >= 0.6 is 11.6 Å². The number of nitrogens with zero attached hydrogens (tertiary/aromatic N) is 1. The fourth-order valence-electron chi connectivity index (χ4n) is 2.21. The van der Waals surface area contributed by atoms with E-state index in [0.717, 1.165) is 18.4 Å². The lowest BCUT2D eigenvalue weighted by Gasteiger charge is -2.16. The summed E-state index contributed by atoms with van der Waals surface area (Å²) in [6.45, 7) is 3.64. The van der Waals surface area contributed by atoms with Crippen LogP contribution in [-0.4, -0.2) is 11.9 Å². The van der Waals surface area contributed by atoms with Crippen molar-refractivity contribution in [1.82, 2.24) is 0 Å². The summed E-state index contributed by atoms with van der Waals surface area (Å²) in [5.41, 5.74) is 0.437. The third kappa shape index (κ3) is 1.69. The molecule has 4 nitrogen and oxygen atoms in total. The molecule has 1 aromatic rings. The van der Waals surface area contributed by atoms with Gasteiger partial charge in [-0.3, -0.25) is 0 Å². The number of rotatable bonds is 2. The fraction of sp³-hybridized carbons (Fsp3) is 0.462. The van der Waals surface area contributed by atoms with Gasteiger partial charge in [0, 0.05) is 13.8 Å². The Morgan fingerprint density at radius 3 is 2.67 bits per heavy atom. The minimum Gasteiger partial charge on any atom is -0.449 e. The van der Waals surface area contributed by atoms with E-state index < -0.39 is 11.3 Å². The zero-order valence-corrected chi connectivity index (χ0v) is 10.9. The summed E-state index contributed by atoms with van der Waals surface area (Å²) in [5.74, 6) is 0.445. The molecule has 0 radical (unpaired) electrons. The van der Waals surface area contributed by atoms with Crippen molar-refractivity contribution in [3.8, 4) is 11.5 Å². The molecule has 0 N–H and O–H groups in total. The highest BCUT2D eigenvalue weighted by atomic mass is 35.5. The molecule has 1 aliphatic heterocycles. The Balaban J connectivity index is 2.07. The summed E-state index contributed by atoms with van der Waals surface area (Å²) >= 11 is 6.19. The van der Waals surface area contributed by atoms with Gasteiger partial charge in [0.15, 0.2) is 11.5 Å². The Hall–Kier alpha value is -1.51. The topological polar surface area (TPSA) is 47.9 Å². The van der Waals surface area contributed by atoms with E-state index in [-0.39, 0.29) is 0 Å². The van der Waals surface area contributed by atoms with E-state index in [4.69, 9.17) is 21.1 Å². The first kappa shape index (κ1) is 11.6. The van der Waals surface area contributed by atoms with Crippen LogP contribution in [0.25, 0.3) is 0 Å². The average Bonchev–Trinajstić information content (AvgIpc) is 2.97. The summed E-state index contributed by atoms with van der Waals surface area (Å²) < 4.78 is 11.3. The van der Waals surface area contributed by atoms with Crippen molar-refractivity contribution in [3.05, 3.63) is 22.7 Å². The van der Waals surface area contributed by atoms with Crippen molar-refractivity contribution in [2.24, 2.45) is 4.99 Å². The molecule has 0 amide bonds. The predicted octanol–water partition coefficient (Wildman–Crippen LogP) is 3.17. The molecule has 18 heavy (non-hydrogen) atoms. The monoisotopic (exact) mass is 265 g/mol. The number of hydrogen-bond acceptors (Lipinski definition) is 4. The molecule has 3 rings (SSSR count). The lowest BCUT2D eigenvalue weighted by molar-refractivity contribution is -0.0431. The second-order valence-corrected chi connectivity index (χ2v) is 5.53. The predicted molar refractivity (Wildman–Crippen MR) is 65.8 cm³/mol. The summed E-state index contributed by atoms with van der Waals surface area (Å²) in [7, 11) is 0. The van der Waals surface area contributed by atoms with Gasteiger partial charge in [0.05, 0.1) is 10.6 Å². The standard InChI is InChI=1S/C13H12ClNO3/c1-12(2)17-10-6-8(5-9(14)11(10)18-12)13(3-4-13)15-7-16/h5-6H,3-4H2,1-2H3. The normalized spacial score (nSPS) is 21.3. The van der Waals surface area contributed by atoms with Crippen LogP contribution in [-0.2, 0) is 10.3 Å². The minimum atomic E-state index is -0.713. The Labute approximate surface area is 110 Å². The molecule has 1 aromatic carbocycles. The fourth-order valence-corrected chi connectivity index (χ4v) is 2.46. The SMILES string of the molecule is CC1(C)Oc2cc(C3(N=C=O)CC3)cc(Cl)c2O1. The van der Waals surface area contributed by atoms with Crippen LogP contribution in [0.5, 0.6) is 11.5 Å². The maximum Gasteiger partial charge on any atom is 0.246 e. The van der Waals surface area contributed by atoms with Crippen LogP contribution in [0.3, 0.4) is 0 Å². The Morgan fingerprint density at radius 1 is 1.33 bits per heavy atom. The molecule has 2 aliphatic rings. The lowest BCUT2D eigenvalue weighted by Crippen LogP contribution is -2.29. The molecule has 1 fully saturated rings. The number of hydrogen-bond donors (Lipinski definition) is 0. The number of aliphatic imine (C=N–C) groups is 1. The maximum atomic E-state index is 10.5. The smallest absolute Gasteiger partial charge is 0.246 e. The van der Waals surface area contributed by atoms with Crippen LogP contribution in [0.15, 0.2) is 17.1 Å². The van der Waals surface area contributed by atoms with Crippen molar-refractivity contribution in [2.75, 3.05) is 0 Å². The molecule has 0 aromatic heterocycles. The molecular formula is C13H12ClNO3. The number of benzene rings is 1. The first-order valence-corrected chi connectivity index (χ1v) is 6.15. The maximum absolute atomic E-state index is 10.5. The van der Waals surface area contributed by atoms with Crippen LogP contribution in [0.2, 0.25) is 5.02 Å². The highest BCUT2D eigenvalue weighted by Gasteiger charge is 2.46. The molecule has 0 spiro atoms. The average molecular weight is 266 g/mol. The number of ether oxygens (including phenoxy) is 2. The lowest BCUT2D eigenvalue weighted by atomic mass is 10.0. The van der Waals surface area contributed by atoms with Gasteiger partial charge in [-0.2, -0.15) is 4.99 Å². The first-order chi connectivity index (χ1) is 8.46. The van der Waals surface area contributed by atoms with Crippen LogP contribution in [0.4, 0.5) is 0 Å². The third-order valence-corrected chi connectivity index (χ3v) is 3.51. The molecule has 1 saturated carbocycles. The summed E-state index contributed by atoms with van der Waals surface area (Å²) in [6.07, 6.45) is 3.30. The van der Waals surface area contributed by atoms with Crippen LogP contribution in [0, 0.1) is 0 Å². The van der Waals surface area contributed by atoms with E-state index in [0.29, 0.717) is 16.5 Å². The van der Waals surface area contributed by atoms with Gasteiger partial charge >= 0.3 is 0 Å². The molecule has 1 aliphatic carbocycles. The zero-order valence-electron chi connectivity index (χ0n) is 10.1. The molecule has 0 unspecified atom stereocenters. The molecular weight excluding hydrogens is 254 g/mol. The Bertz CT molecular complexity index is 572. The molecule has 0 bridgehead atoms. The Morgan fingerprint density at radius 2 is 2.06 bits per heavy atom. The van der Waals surface area contributed by atoms with Gasteiger partial charge in [-0.05, 0) is 30.5 Å². The molecule has 5 heteroatoms. The highest BCUT2D eigenvalue weighted by Crippen LogP contribution is 2.54. The van der Waals surface area contributed by atoms with Gasteiger partial charge in [0.2, 0.25) is 11.9 Å². The van der Waals surface area contributed by atoms with Crippen molar-refractivity contribution in [3.63, 3.8) is 0 Å². The first-order valence-electron chi connectivity index (χ1n) is 5.77. The largest absolute Gasteiger partial charge is 0.449 e. The van der Waals surface area contributed by atoms with Gasteiger partial charge in [-0.1, -0.05) is 11.6 Å². The van der Waals surface area contributed by atoms with E-state index in [9.17, 15) is 4.79 Å². The van der Waals surface area contributed by atoms with Gasteiger partial charge < -0.3 is 9.47 Å². The van der Waals surface area contributed by atoms with Crippen LogP contribution in [0.1, 0.15) is 32.3 Å². The quantitative estimate of drug-likeness (QED) is 0.609. The summed E-state index contributed by atoms with van der Waals surface area (Å²) in [5, 5.41) is 0.487. The second kappa shape index (κ2) is 3.50. The zero-order chi connectivity index (χ0) is 13.0. The van der Waals surface area contributed by atoms with Crippen molar-refractivity contribution in [2.45, 2.75) is 38.0 Å². The van der Waals surface area contributed by atoms with Gasteiger partial charge in [0.25, 0.3) is 0 Å². The highest BCUT2D eigenvalue weighted by molar-refractivity contribution is 6.32.